The van der Waals surface area contributed by atoms with Crippen molar-refractivity contribution in [1.82, 2.24) is 19.6 Å². The second-order valence-electron chi connectivity index (χ2n) is 5.45. The summed E-state index contributed by atoms with van der Waals surface area (Å²) in [6, 6.07) is 1.71. The second kappa shape index (κ2) is 4.77. The maximum absolute atomic E-state index is 12.4. The normalized spacial score (nSPS) is 25.1. The third-order valence-corrected chi connectivity index (χ3v) is 4.20. The average Bonchev–Trinajstić information content (AvgIpc) is 3.08. The number of nitrogens with zero attached hydrogens (tertiary/aromatic N) is 4. The number of fused-ring (bicyclic) bond motifs is 1. The average molecular weight is 274 g/mol. The SMILES string of the molecule is C=CCN1C[C@@H]2CN(C(=O)c3ccnn3C)C[C@H]2C1=O. The summed E-state index contributed by atoms with van der Waals surface area (Å²) in [5.74, 6) is 0.310. The molecular weight excluding hydrogens is 256 g/mol. The summed E-state index contributed by atoms with van der Waals surface area (Å²) in [7, 11) is 1.75. The summed E-state index contributed by atoms with van der Waals surface area (Å²) in [5, 5.41) is 4.02. The van der Waals surface area contributed by atoms with Crippen molar-refractivity contribution in [2.75, 3.05) is 26.2 Å². The van der Waals surface area contributed by atoms with E-state index in [9.17, 15) is 9.59 Å². The first-order chi connectivity index (χ1) is 9.61. The Morgan fingerprint density at radius 2 is 2.30 bits per heavy atom. The third-order valence-electron chi connectivity index (χ3n) is 4.20. The van der Waals surface area contributed by atoms with Crippen molar-refractivity contribution in [2.45, 2.75) is 0 Å². The monoisotopic (exact) mass is 274 g/mol. The molecule has 0 spiro atoms. The fourth-order valence-corrected chi connectivity index (χ4v) is 3.18. The van der Waals surface area contributed by atoms with E-state index in [4.69, 9.17) is 0 Å². The third kappa shape index (κ3) is 1.92. The minimum atomic E-state index is -0.0490. The van der Waals surface area contributed by atoms with E-state index < -0.39 is 0 Å². The zero-order chi connectivity index (χ0) is 14.3. The molecule has 0 N–H and O–H groups in total. The summed E-state index contributed by atoms with van der Waals surface area (Å²) in [6.45, 7) is 6.16. The summed E-state index contributed by atoms with van der Waals surface area (Å²) >= 11 is 0. The van der Waals surface area contributed by atoms with Crippen LogP contribution < -0.4 is 0 Å². The van der Waals surface area contributed by atoms with Gasteiger partial charge in [0.25, 0.3) is 5.91 Å². The fourth-order valence-electron chi connectivity index (χ4n) is 3.18. The van der Waals surface area contributed by atoms with E-state index in [2.05, 4.69) is 11.7 Å². The largest absolute Gasteiger partial charge is 0.338 e. The quantitative estimate of drug-likeness (QED) is 0.737. The molecule has 3 rings (SSSR count). The van der Waals surface area contributed by atoms with E-state index >= 15 is 0 Å². The number of rotatable bonds is 3. The van der Waals surface area contributed by atoms with Gasteiger partial charge in [0.15, 0.2) is 0 Å². The fraction of sp³-hybridized carbons (Fsp3) is 0.500. The molecule has 2 amide bonds. The van der Waals surface area contributed by atoms with Gasteiger partial charge in [-0.05, 0) is 6.07 Å². The van der Waals surface area contributed by atoms with Gasteiger partial charge in [0.1, 0.15) is 5.69 Å². The zero-order valence-electron chi connectivity index (χ0n) is 11.5. The van der Waals surface area contributed by atoms with E-state index in [1.165, 1.54) is 0 Å². The smallest absolute Gasteiger partial charge is 0.272 e. The summed E-state index contributed by atoms with van der Waals surface area (Å²) < 4.78 is 1.57. The number of amides is 2. The van der Waals surface area contributed by atoms with Gasteiger partial charge < -0.3 is 9.80 Å². The molecule has 6 nitrogen and oxygen atoms in total. The first-order valence-electron chi connectivity index (χ1n) is 6.78. The van der Waals surface area contributed by atoms with Crippen molar-refractivity contribution in [3.8, 4) is 0 Å². The molecule has 0 unspecified atom stereocenters. The minimum Gasteiger partial charge on any atom is -0.338 e. The second-order valence-corrected chi connectivity index (χ2v) is 5.45. The Kier molecular flexibility index (Phi) is 3.08. The van der Waals surface area contributed by atoms with Crippen molar-refractivity contribution in [2.24, 2.45) is 18.9 Å². The minimum absolute atomic E-state index is 0.0394. The lowest BCUT2D eigenvalue weighted by Gasteiger charge is -2.20. The first kappa shape index (κ1) is 12.9. The molecule has 2 fully saturated rings. The van der Waals surface area contributed by atoms with Gasteiger partial charge in [-0.15, -0.1) is 6.58 Å². The van der Waals surface area contributed by atoms with E-state index in [1.807, 2.05) is 4.90 Å². The van der Waals surface area contributed by atoms with Crippen molar-refractivity contribution in [3.63, 3.8) is 0 Å². The highest BCUT2D eigenvalue weighted by atomic mass is 16.2. The van der Waals surface area contributed by atoms with Gasteiger partial charge in [-0.2, -0.15) is 5.10 Å². The van der Waals surface area contributed by atoms with E-state index in [-0.39, 0.29) is 23.7 Å². The lowest BCUT2D eigenvalue weighted by Crippen LogP contribution is -2.36. The molecule has 0 aliphatic carbocycles. The van der Waals surface area contributed by atoms with Gasteiger partial charge in [0.05, 0.1) is 5.92 Å². The van der Waals surface area contributed by atoms with Crippen LogP contribution in [0.25, 0.3) is 0 Å². The molecule has 0 aromatic carbocycles. The standard InChI is InChI=1S/C14H18N4O2/c1-3-6-17-7-10-8-18(9-11(10)13(17)19)14(20)12-4-5-15-16(12)2/h3-5,10-11H,1,6-9H2,2H3/t10-,11-/m1/s1. The van der Waals surface area contributed by atoms with Crippen LogP contribution >= 0.6 is 0 Å². The Morgan fingerprint density at radius 1 is 1.50 bits per heavy atom. The number of likely N-dealkylation sites (tertiary alicyclic amines) is 2. The maximum atomic E-state index is 12.4. The highest BCUT2D eigenvalue weighted by Gasteiger charge is 2.47. The van der Waals surface area contributed by atoms with Crippen molar-refractivity contribution in [3.05, 3.63) is 30.6 Å². The zero-order valence-corrected chi connectivity index (χ0v) is 11.5. The topological polar surface area (TPSA) is 58.4 Å². The molecule has 2 aliphatic heterocycles. The summed E-state index contributed by atoms with van der Waals surface area (Å²) in [6.07, 6.45) is 3.36. The van der Waals surface area contributed by atoms with E-state index in [0.717, 1.165) is 6.54 Å². The lowest BCUT2D eigenvalue weighted by atomic mass is 10.0. The summed E-state index contributed by atoms with van der Waals surface area (Å²) in [4.78, 5) is 28.2. The van der Waals surface area contributed by atoms with Crippen molar-refractivity contribution in [1.29, 1.82) is 0 Å². The van der Waals surface area contributed by atoms with Gasteiger partial charge >= 0.3 is 0 Å². The van der Waals surface area contributed by atoms with Crippen LogP contribution in [0.15, 0.2) is 24.9 Å². The van der Waals surface area contributed by atoms with Crippen LogP contribution in [-0.2, 0) is 11.8 Å². The number of aryl methyl sites for hydroxylation is 1. The van der Waals surface area contributed by atoms with Gasteiger partial charge in [-0.1, -0.05) is 6.08 Å². The molecule has 0 radical (unpaired) electrons. The molecule has 20 heavy (non-hydrogen) atoms. The number of carbonyl (C=O) groups excluding carboxylic acids is 2. The van der Waals surface area contributed by atoms with Crippen LogP contribution in [0.1, 0.15) is 10.5 Å². The molecule has 1 aromatic heterocycles. The first-order valence-corrected chi connectivity index (χ1v) is 6.78. The number of hydrogen-bond donors (Lipinski definition) is 0. The lowest BCUT2D eigenvalue weighted by molar-refractivity contribution is -0.130. The Morgan fingerprint density at radius 3 is 2.90 bits per heavy atom. The Bertz CT molecular complexity index is 565. The molecule has 2 aliphatic rings. The Labute approximate surface area is 117 Å². The van der Waals surface area contributed by atoms with Crippen molar-refractivity contribution >= 4 is 11.8 Å². The molecule has 2 saturated heterocycles. The molecule has 3 heterocycles. The molecule has 1 aromatic rings. The van der Waals surface area contributed by atoms with Crippen LogP contribution in [0.3, 0.4) is 0 Å². The van der Waals surface area contributed by atoms with Crippen LogP contribution in [0.5, 0.6) is 0 Å². The van der Waals surface area contributed by atoms with Gasteiger partial charge in [-0.3, -0.25) is 14.3 Å². The van der Waals surface area contributed by atoms with Crippen LogP contribution in [-0.4, -0.2) is 57.6 Å². The molecule has 106 valence electrons. The maximum Gasteiger partial charge on any atom is 0.272 e. The highest BCUT2D eigenvalue weighted by Crippen LogP contribution is 2.32. The van der Waals surface area contributed by atoms with Crippen molar-refractivity contribution < 1.29 is 9.59 Å². The molecule has 2 atom stereocenters. The molecule has 0 bridgehead atoms. The number of aromatic nitrogens is 2. The van der Waals surface area contributed by atoms with Gasteiger partial charge in [0.2, 0.25) is 5.91 Å². The van der Waals surface area contributed by atoms with E-state index in [0.29, 0.717) is 25.3 Å². The van der Waals surface area contributed by atoms with Gasteiger partial charge in [0, 0.05) is 45.3 Å². The number of hydrogen-bond acceptors (Lipinski definition) is 3. The number of carbonyl (C=O) groups is 2. The van der Waals surface area contributed by atoms with E-state index in [1.54, 1.807) is 35.0 Å². The Balaban J connectivity index is 1.71. The Hall–Kier alpha value is -2.11. The highest BCUT2D eigenvalue weighted by molar-refractivity contribution is 5.93. The predicted molar refractivity (Wildman–Crippen MR) is 72.9 cm³/mol. The molecule has 0 saturated carbocycles. The van der Waals surface area contributed by atoms with Crippen LogP contribution in [0.2, 0.25) is 0 Å². The predicted octanol–water partition coefficient (Wildman–Crippen LogP) is 0.136. The van der Waals surface area contributed by atoms with Crippen LogP contribution in [0, 0.1) is 11.8 Å². The summed E-state index contributed by atoms with van der Waals surface area (Å²) in [5.41, 5.74) is 0.570. The molecule has 6 heteroatoms. The molecular formula is C14H18N4O2. The van der Waals surface area contributed by atoms with Gasteiger partial charge in [-0.25, -0.2) is 0 Å². The van der Waals surface area contributed by atoms with Crippen LogP contribution in [0.4, 0.5) is 0 Å².